The lowest BCUT2D eigenvalue weighted by Crippen LogP contribution is -2.30. The van der Waals surface area contributed by atoms with Gasteiger partial charge in [-0.25, -0.2) is 0 Å². The lowest BCUT2D eigenvalue weighted by Gasteiger charge is -2.16. The van der Waals surface area contributed by atoms with Crippen LogP contribution in [0.5, 0.6) is 0 Å². The van der Waals surface area contributed by atoms with Gasteiger partial charge in [0.05, 0.1) is 11.7 Å². The topological polar surface area (TPSA) is 68.8 Å². The molecule has 2 rings (SSSR count). The molecule has 2 aromatic rings. The smallest absolute Gasteiger partial charge is 0.0624 e. The summed E-state index contributed by atoms with van der Waals surface area (Å²) in [5, 5.41) is 4.46. The van der Waals surface area contributed by atoms with E-state index in [9.17, 15) is 0 Å². The van der Waals surface area contributed by atoms with Gasteiger partial charge < -0.3 is 0 Å². The number of hydrazine groups is 1. The Balaban J connectivity index is 2.21. The number of hydrogen-bond donors (Lipinski definition) is 2. The minimum Gasteiger partial charge on any atom is -0.272 e. The highest BCUT2D eigenvalue weighted by Crippen LogP contribution is 2.18. The number of aryl methyl sites for hydroxylation is 3. The van der Waals surface area contributed by atoms with Gasteiger partial charge in [-0.05, 0) is 37.1 Å². The molecule has 0 aromatic carbocycles. The number of rotatable bonds is 5. The van der Waals surface area contributed by atoms with Gasteiger partial charge in [0.25, 0.3) is 0 Å². The van der Waals surface area contributed by atoms with Crippen LogP contribution in [0.3, 0.4) is 0 Å². The van der Waals surface area contributed by atoms with Crippen molar-refractivity contribution in [3.05, 3.63) is 47.0 Å². The number of aromatic nitrogens is 3. The zero-order valence-electron chi connectivity index (χ0n) is 11.7. The van der Waals surface area contributed by atoms with E-state index in [1.807, 2.05) is 30.9 Å². The largest absolute Gasteiger partial charge is 0.272 e. The van der Waals surface area contributed by atoms with Gasteiger partial charge in [-0.2, -0.15) is 5.10 Å². The molecule has 1 atom stereocenters. The van der Waals surface area contributed by atoms with Crippen molar-refractivity contribution in [3.8, 4) is 0 Å². The summed E-state index contributed by atoms with van der Waals surface area (Å²) in [5.41, 5.74) is 7.31. The van der Waals surface area contributed by atoms with Crippen molar-refractivity contribution in [1.29, 1.82) is 0 Å². The molecule has 0 radical (unpaired) electrons. The Morgan fingerprint density at radius 1 is 1.42 bits per heavy atom. The molecule has 2 heterocycles. The Labute approximate surface area is 113 Å². The zero-order chi connectivity index (χ0) is 13.8. The van der Waals surface area contributed by atoms with Gasteiger partial charge in [-0.3, -0.25) is 20.9 Å². The summed E-state index contributed by atoms with van der Waals surface area (Å²) in [5.74, 6) is 5.69. The second-order valence-electron chi connectivity index (χ2n) is 4.76. The summed E-state index contributed by atoms with van der Waals surface area (Å²) >= 11 is 0. The summed E-state index contributed by atoms with van der Waals surface area (Å²) in [6.45, 7) is 4.09. The van der Waals surface area contributed by atoms with E-state index in [-0.39, 0.29) is 6.04 Å². The molecule has 5 heteroatoms. The summed E-state index contributed by atoms with van der Waals surface area (Å²) in [6, 6.07) is 6.26. The Hall–Kier alpha value is -1.72. The summed E-state index contributed by atoms with van der Waals surface area (Å²) < 4.78 is 1.93. The van der Waals surface area contributed by atoms with E-state index in [1.54, 1.807) is 0 Å². The van der Waals surface area contributed by atoms with Crippen molar-refractivity contribution in [2.24, 2.45) is 12.9 Å². The van der Waals surface area contributed by atoms with Crippen molar-refractivity contribution in [1.82, 2.24) is 20.2 Å². The number of nitrogens with one attached hydrogen (secondary N) is 1. The molecule has 19 heavy (non-hydrogen) atoms. The third-order valence-electron chi connectivity index (χ3n) is 3.33. The zero-order valence-corrected chi connectivity index (χ0v) is 11.7. The van der Waals surface area contributed by atoms with Gasteiger partial charge in [-0.15, -0.1) is 0 Å². The van der Waals surface area contributed by atoms with Crippen LogP contribution in [0.25, 0.3) is 0 Å². The first-order valence-electron chi connectivity index (χ1n) is 6.54. The van der Waals surface area contributed by atoms with Crippen LogP contribution in [0.1, 0.15) is 35.6 Å². The number of nitrogens with two attached hydrogens (primary N) is 1. The Morgan fingerprint density at radius 3 is 2.79 bits per heavy atom. The minimum absolute atomic E-state index is 0.0711. The molecule has 5 nitrogen and oxygen atoms in total. The van der Waals surface area contributed by atoms with E-state index in [4.69, 9.17) is 5.84 Å². The van der Waals surface area contributed by atoms with Crippen LogP contribution in [0.2, 0.25) is 0 Å². The van der Waals surface area contributed by atoms with Crippen LogP contribution in [0, 0.1) is 6.92 Å². The van der Waals surface area contributed by atoms with Crippen molar-refractivity contribution in [2.75, 3.05) is 0 Å². The molecule has 0 bridgehead atoms. The van der Waals surface area contributed by atoms with Crippen molar-refractivity contribution >= 4 is 0 Å². The molecule has 0 saturated carbocycles. The summed E-state index contributed by atoms with van der Waals surface area (Å²) in [7, 11) is 1.97. The van der Waals surface area contributed by atoms with Gasteiger partial charge in [0.15, 0.2) is 0 Å². The third-order valence-corrected chi connectivity index (χ3v) is 3.33. The predicted molar refractivity (Wildman–Crippen MR) is 75.3 cm³/mol. The second-order valence-corrected chi connectivity index (χ2v) is 4.76. The van der Waals surface area contributed by atoms with E-state index in [2.05, 4.69) is 34.6 Å². The van der Waals surface area contributed by atoms with E-state index in [1.165, 1.54) is 5.69 Å². The highest BCUT2D eigenvalue weighted by molar-refractivity contribution is 5.22. The number of hydrogen-bond acceptors (Lipinski definition) is 4. The Kier molecular flexibility index (Phi) is 4.29. The molecule has 0 fully saturated rings. The highest BCUT2D eigenvalue weighted by atomic mass is 15.3. The first kappa shape index (κ1) is 13.7. The molecule has 0 amide bonds. The van der Waals surface area contributed by atoms with Gasteiger partial charge in [0, 0.05) is 31.1 Å². The molecule has 2 aromatic heterocycles. The van der Waals surface area contributed by atoms with Gasteiger partial charge in [-0.1, -0.05) is 6.92 Å². The molecule has 102 valence electrons. The molecule has 1 unspecified atom stereocenters. The molecule has 3 N–H and O–H groups in total. The average molecular weight is 259 g/mol. The molecule has 0 spiro atoms. The summed E-state index contributed by atoms with van der Waals surface area (Å²) in [4.78, 5) is 4.21. The molecular formula is C14H21N5. The maximum atomic E-state index is 5.69. The van der Waals surface area contributed by atoms with Crippen molar-refractivity contribution in [3.63, 3.8) is 0 Å². The van der Waals surface area contributed by atoms with Crippen LogP contribution < -0.4 is 11.3 Å². The van der Waals surface area contributed by atoms with Gasteiger partial charge in [0.2, 0.25) is 0 Å². The molecule has 0 aliphatic rings. The van der Waals surface area contributed by atoms with Crippen LogP contribution >= 0.6 is 0 Å². The molecule has 0 aliphatic heterocycles. The standard InChI is InChI=1S/C14H21N5/c1-4-12-8-13(19(3)18-12)9-14(17-15)11-5-6-16-10(2)7-11/h5-8,14,17H,4,9,15H2,1-3H3. The molecule has 0 aliphatic carbocycles. The average Bonchev–Trinajstić information content (AvgIpc) is 2.76. The minimum atomic E-state index is 0.0711. The summed E-state index contributed by atoms with van der Waals surface area (Å²) in [6.07, 6.45) is 3.57. The maximum absolute atomic E-state index is 5.69. The fraction of sp³-hybridized carbons (Fsp3) is 0.429. The Bertz CT molecular complexity index is 547. The van der Waals surface area contributed by atoms with E-state index < -0.39 is 0 Å². The van der Waals surface area contributed by atoms with Crippen LogP contribution in [0.15, 0.2) is 24.4 Å². The van der Waals surface area contributed by atoms with Gasteiger partial charge in [0.1, 0.15) is 0 Å². The monoisotopic (exact) mass is 259 g/mol. The number of pyridine rings is 1. The maximum Gasteiger partial charge on any atom is 0.0624 e. The second kappa shape index (κ2) is 5.95. The van der Waals surface area contributed by atoms with E-state index in [0.29, 0.717) is 0 Å². The van der Waals surface area contributed by atoms with Crippen LogP contribution in [0.4, 0.5) is 0 Å². The van der Waals surface area contributed by atoms with Crippen LogP contribution in [-0.2, 0) is 19.9 Å². The van der Waals surface area contributed by atoms with Crippen LogP contribution in [-0.4, -0.2) is 14.8 Å². The Morgan fingerprint density at radius 2 is 2.21 bits per heavy atom. The normalized spacial score (nSPS) is 12.6. The predicted octanol–water partition coefficient (Wildman–Crippen LogP) is 1.43. The van der Waals surface area contributed by atoms with E-state index in [0.717, 1.165) is 29.8 Å². The van der Waals surface area contributed by atoms with Crippen molar-refractivity contribution < 1.29 is 0 Å². The number of nitrogens with zero attached hydrogens (tertiary/aromatic N) is 3. The van der Waals surface area contributed by atoms with Gasteiger partial charge >= 0.3 is 0 Å². The third kappa shape index (κ3) is 3.19. The highest BCUT2D eigenvalue weighted by Gasteiger charge is 2.14. The van der Waals surface area contributed by atoms with E-state index >= 15 is 0 Å². The van der Waals surface area contributed by atoms with Crippen molar-refractivity contribution in [2.45, 2.75) is 32.7 Å². The molecule has 0 saturated heterocycles. The lowest BCUT2D eigenvalue weighted by molar-refractivity contribution is 0.529. The molecular weight excluding hydrogens is 238 g/mol. The first-order valence-corrected chi connectivity index (χ1v) is 6.54. The fourth-order valence-electron chi connectivity index (χ4n) is 2.20. The fourth-order valence-corrected chi connectivity index (χ4v) is 2.20. The first-order chi connectivity index (χ1) is 9.13. The lowest BCUT2D eigenvalue weighted by atomic mass is 10.0. The SMILES string of the molecule is CCc1cc(CC(NN)c2ccnc(C)c2)n(C)n1. The quantitative estimate of drug-likeness (QED) is 0.629.